The molecule has 0 atom stereocenters. The lowest BCUT2D eigenvalue weighted by Gasteiger charge is -2.34. The smallest absolute Gasteiger partial charge is 0.0368 e. The van der Waals surface area contributed by atoms with Gasteiger partial charge in [0.05, 0.1) is 0 Å². The Balaban J connectivity index is 2.92. The van der Waals surface area contributed by atoms with Gasteiger partial charge in [0.15, 0.2) is 0 Å². The Morgan fingerprint density at radius 2 is 1.61 bits per heavy atom. The SMILES string of the molecule is CCC(CC)N(CC(C)C)c1ccc(CN)cc1. The first-order valence-electron chi connectivity index (χ1n) is 7.17. The van der Waals surface area contributed by atoms with Crippen LogP contribution in [0.15, 0.2) is 24.3 Å². The fourth-order valence-electron chi connectivity index (χ4n) is 2.41. The van der Waals surface area contributed by atoms with E-state index in [4.69, 9.17) is 5.73 Å². The second kappa shape index (κ2) is 7.42. The summed E-state index contributed by atoms with van der Waals surface area (Å²) in [6.07, 6.45) is 2.39. The van der Waals surface area contributed by atoms with Gasteiger partial charge in [-0.2, -0.15) is 0 Å². The molecule has 0 aliphatic carbocycles. The molecule has 0 saturated carbocycles. The fraction of sp³-hybridized carbons (Fsp3) is 0.625. The number of hydrogen-bond acceptors (Lipinski definition) is 2. The summed E-state index contributed by atoms with van der Waals surface area (Å²) in [5.41, 5.74) is 8.19. The number of nitrogens with zero attached hydrogens (tertiary/aromatic N) is 1. The van der Waals surface area contributed by atoms with Crippen molar-refractivity contribution in [3.8, 4) is 0 Å². The summed E-state index contributed by atoms with van der Waals surface area (Å²) in [4.78, 5) is 2.55. The maximum atomic E-state index is 5.66. The van der Waals surface area contributed by atoms with Gasteiger partial charge in [-0.05, 0) is 36.5 Å². The molecule has 0 amide bonds. The average Bonchev–Trinajstić information content (AvgIpc) is 2.38. The van der Waals surface area contributed by atoms with Crippen LogP contribution in [-0.2, 0) is 6.54 Å². The van der Waals surface area contributed by atoms with Gasteiger partial charge in [0.25, 0.3) is 0 Å². The molecule has 0 aliphatic heterocycles. The highest BCUT2D eigenvalue weighted by Crippen LogP contribution is 2.22. The molecule has 0 fully saturated rings. The minimum Gasteiger partial charge on any atom is -0.368 e. The van der Waals surface area contributed by atoms with Crippen molar-refractivity contribution in [1.29, 1.82) is 0 Å². The van der Waals surface area contributed by atoms with Crippen LogP contribution in [0.4, 0.5) is 5.69 Å². The van der Waals surface area contributed by atoms with Crippen molar-refractivity contribution in [2.75, 3.05) is 11.4 Å². The van der Waals surface area contributed by atoms with Crippen LogP contribution in [0.2, 0.25) is 0 Å². The molecule has 2 heteroatoms. The Morgan fingerprint density at radius 1 is 1.06 bits per heavy atom. The highest BCUT2D eigenvalue weighted by Gasteiger charge is 2.16. The molecule has 0 aromatic heterocycles. The van der Waals surface area contributed by atoms with Crippen molar-refractivity contribution >= 4 is 5.69 Å². The van der Waals surface area contributed by atoms with Crippen LogP contribution < -0.4 is 10.6 Å². The van der Waals surface area contributed by atoms with E-state index in [-0.39, 0.29) is 0 Å². The predicted molar refractivity (Wildman–Crippen MR) is 80.9 cm³/mol. The topological polar surface area (TPSA) is 29.3 Å². The molecule has 1 aromatic rings. The summed E-state index contributed by atoms with van der Waals surface area (Å²) in [6.45, 7) is 10.8. The Morgan fingerprint density at radius 3 is 2.00 bits per heavy atom. The summed E-state index contributed by atoms with van der Waals surface area (Å²) >= 11 is 0. The van der Waals surface area contributed by atoms with Crippen molar-refractivity contribution in [2.24, 2.45) is 11.7 Å². The quantitative estimate of drug-likeness (QED) is 0.795. The number of anilines is 1. The van der Waals surface area contributed by atoms with E-state index >= 15 is 0 Å². The van der Waals surface area contributed by atoms with E-state index < -0.39 is 0 Å². The van der Waals surface area contributed by atoms with E-state index in [0.717, 1.165) is 6.54 Å². The maximum absolute atomic E-state index is 5.66. The Hall–Kier alpha value is -1.02. The van der Waals surface area contributed by atoms with Gasteiger partial charge in [0.1, 0.15) is 0 Å². The third kappa shape index (κ3) is 4.02. The lowest BCUT2D eigenvalue weighted by Crippen LogP contribution is -2.37. The fourth-order valence-corrected chi connectivity index (χ4v) is 2.41. The van der Waals surface area contributed by atoms with Gasteiger partial charge in [0, 0.05) is 24.8 Å². The van der Waals surface area contributed by atoms with Crippen LogP contribution >= 0.6 is 0 Å². The molecule has 1 aromatic carbocycles. The minimum absolute atomic E-state index is 0.620. The molecule has 0 spiro atoms. The van der Waals surface area contributed by atoms with Crippen LogP contribution in [0.25, 0.3) is 0 Å². The molecule has 18 heavy (non-hydrogen) atoms. The van der Waals surface area contributed by atoms with E-state index in [1.807, 2.05) is 0 Å². The zero-order valence-electron chi connectivity index (χ0n) is 12.3. The molecular formula is C16H28N2. The molecule has 0 aliphatic rings. The van der Waals surface area contributed by atoms with Crippen LogP contribution in [0, 0.1) is 5.92 Å². The van der Waals surface area contributed by atoms with Gasteiger partial charge in [-0.1, -0.05) is 39.8 Å². The molecule has 0 bridgehead atoms. The lowest BCUT2D eigenvalue weighted by atomic mass is 10.1. The molecule has 2 N–H and O–H groups in total. The van der Waals surface area contributed by atoms with Gasteiger partial charge >= 0.3 is 0 Å². The number of rotatable bonds is 7. The van der Waals surface area contributed by atoms with Crippen molar-refractivity contribution < 1.29 is 0 Å². The van der Waals surface area contributed by atoms with Crippen LogP contribution in [0.3, 0.4) is 0 Å². The van der Waals surface area contributed by atoms with Crippen LogP contribution in [0.5, 0.6) is 0 Å². The number of nitrogens with two attached hydrogens (primary N) is 1. The first-order chi connectivity index (χ1) is 8.62. The molecule has 0 heterocycles. The standard InChI is InChI=1S/C16H28N2/c1-5-15(6-2)18(12-13(3)4)16-9-7-14(11-17)8-10-16/h7-10,13,15H,5-6,11-12,17H2,1-4H3. The molecule has 102 valence electrons. The summed E-state index contributed by atoms with van der Waals surface area (Å²) in [7, 11) is 0. The van der Waals surface area contributed by atoms with Crippen LogP contribution in [0.1, 0.15) is 46.1 Å². The van der Waals surface area contributed by atoms with E-state index in [9.17, 15) is 0 Å². The normalized spacial score (nSPS) is 11.3. The molecule has 2 nitrogen and oxygen atoms in total. The number of hydrogen-bond donors (Lipinski definition) is 1. The van der Waals surface area contributed by atoms with Crippen molar-refractivity contribution in [1.82, 2.24) is 0 Å². The summed E-state index contributed by atoms with van der Waals surface area (Å²) < 4.78 is 0. The second-order valence-corrected chi connectivity index (χ2v) is 5.39. The first-order valence-corrected chi connectivity index (χ1v) is 7.17. The first kappa shape index (κ1) is 15.0. The summed E-state index contributed by atoms with van der Waals surface area (Å²) in [5, 5.41) is 0. The third-order valence-electron chi connectivity index (χ3n) is 3.45. The average molecular weight is 248 g/mol. The zero-order valence-corrected chi connectivity index (χ0v) is 12.3. The van der Waals surface area contributed by atoms with Crippen molar-refractivity contribution in [3.63, 3.8) is 0 Å². The van der Waals surface area contributed by atoms with Crippen LogP contribution in [-0.4, -0.2) is 12.6 Å². The zero-order chi connectivity index (χ0) is 13.5. The van der Waals surface area contributed by atoms with E-state index in [2.05, 4.69) is 56.9 Å². The van der Waals surface area contributed by atoms with E-state index in [1.165, 1.54) is 24.1 Å². The van der Waals surface area contributed by atoms with E-state index in [1.54, 1.807) is 0 Å². The lowest BCUT2D eigenvalue weighted by molar-refractivity contribution is 0.507. The molecule has 0 saturated heterocycles. The summed E-state index contributed by atoms with van der Waals surface area (Å²) in [5.74, 6) is 0.680. The third-order valence-corrected chi connectivity index (χ3v) is 3.45. The Bertz CT molecular complexity index is 325. The largest absolute Gasteiger partial charge is 0.368 e. The van der Waals surface area contributed by atoms with Gasteiger partial charge < -0.3 is 10.6 Å². The highest BCUT2D eigenvalue weighted by atomic mass is 15.2. The Kier molecular flexibility index (Phi) is 6.20. The Labute approximate surface area is 112 Å². The van der Waals surface area contributed by atoms with Gasteiger partial charge in [-0.15, -0.1) is 0 Å². The highest BCUT2D eigenvalue weighted by molar-refractivity contribution is 5.48. The predicted octanol–water partition coefficient (Wildman–Crippen LogP) is 3.80. The summed E-state index contributed by atoms with van der Waals surface area (Å²) in [6, 6.07) is 9.35. The molecule has 0 unspecified atom stereocenters. The van der Waals surface area contributed by atoms with Crippen molar-refractivity contribution in [3.05, 3.63) is 29.8 Å². The monoisotopic (exact) mass is 248 g/mol. The van der Waals surface area contributed by atoms with Crippen molar-refractivity contribution in [2.45, 2.75) is 53.1 Å². The molecule has 0 radical (unpaired) electrons. The number of benzene rings is 1. The van der Waals surface area contributed by atoms with Gasteiger partial charge in [0.2, 0.25) is 0 Å². The van der Waals surface area contributed by atoms with Gasteiger partial charge in [-0.25, -0.2) is 0 Å². The second-order valence-electron chi connectivity index (χ2n) is 5.39. The molecular weight excluding hydrogens is 220 g/mol. The van der Waals surface area contributed by atoms with E-state index in [0.29, 0.717) is 18.5 Å². The molecule has 1 rings (SSSR count). The van der Waals surface area contributed by atoms with Gasteiger partial charge in [-0.3, -0.25) is 0 Å². The minimum atomic E-state index is 0.620. The maximum Gasteiger partial charge on any atom is 0.0368 e.